The van der Waals surface area contributed by atoms with Gasteiger partial charge < -0.3 is 4.90 Å². The minimum Gasteiger partial charge on any atom is -0.309 e. The molecule has 112 valence electrons. The van der Waals surface area contributed by atoms with Crippen molar-refractivity contribution in [2.75, 3.05) is 4.90 Å². The molecule has 0 saturated carbocycles. The molecule has 0 unspecified atom stereocenters. The standard InChI is InChI=1S/C20H13Br2N/c21-16-6-4-12-8-14-2-1-3-15-9-13-5-7-17(22)11-19(13)23(20(14)15)18(12)10-16/h1-7,10-11H,8-9H2. The van der Waals surface area contributed by atoms with Crippen molar-refractivity contribution in [3.05, 3.63) is 85.8 Å². The first-order chi connectivity index (χ1) is 11.2. The Labute approximate surface area is 152 Å². The fourth-order valence-corrected chi connectivity index (χ4v) is 4.49. The highest BCUT2D eigenvalue weighted by molar-refractivity contribution is 9.10. The number of hydrogen-bond acceptors (Lipinski definition) is 1. The predicted octanol–water partition coefficient (Wildman–Crippen LogP) is 6.49. The van der Waals surface area contributed by atoms with Crippen LogP contribution in [0.2, 0.25) is 0 Å². The second-order valence-corrected chi connectivity index (χ2v) is 7.99. The summed E-state index contributed by atoms with van der Waals surface area (Å²) in [6.45, 7) is 0. The summed E-state index contributed by atoms with van der Waals surface area (Å²) in [5.74, 6) is 0. The third-order valence-corrected chi connectivity index (χ3v) is 5.75. The van der Waals surface area contributed by atoms with E-state index in [1.165, 1.54) is 39.3 Å². The number of fused-ring (bicyclic) bond motifs is 4. The number of nitrogens with zero attached hydrogens (tertiary/aromatic N) is 1. The van der Waals surface area contributed by atoms with Gasteiger partial charge in [-0.15, -0.1) is 0 Å². The van der Waals surface area contributed by atoms with Crippen LogP contribution in [0.5, 0.6) is 0 Å². The first-order valence-electron chi connectivity index (χ1n) is 7.68. The van der Waals surface area contributed by atoms with E-state index in [1.807, 2.05) is 0 Å². The van der Waals surface area contributed by atoms with Gasteiger partial charge in [0.2, 0.25) is 0 Å². The molecule has 0 spiro atoms. The van der Waals surface area contributed by atoms with Crippen molar-refractivity contribution in [1.82, 2.24) is 0 Å². The van der Waals surface area contributed by atoms with Crippen LogP contribution >= 0.6 is 31.9 Å². The summed E-state index contributed by atoms with van der Waals surface area (Å²) < 4.78 is 2.25. The summed E-state index contributed by atoms with van der Waals surface area (Å²) in [6, 6.07) is 20.0. The quantitative estimate of drug-likeness (QED) is 0.273. The third kappa shape index (κ3) is 2.03. The van der Waals surface area contributed by atoms with E-state index in [9.17, 15) is 0 Å². The first-order valence-corrected chi connectivity index (χ1v) is 9.27. The van der Waals surface area contributed by atoms with E-state index in [4.69, 9.17) is 0 Å². The lowest BCUT2D eigenvalue weighted by atomic mass is 9.86. The van der Waals surface area contributed by atoms with Crippen molar-refractivity contribution < 1.29 is 0 Å². The molecule has 0 N–H and O–H groups in total. The Morgan fingerprint density at radius 3 is 1.70 bits per heavy atom. The number of anilines is 3. The zero-order chi connectivity index (χ0) is 15.6. The number of benzene rings is 3. The number of hydrogen-bond donors (Lipinski definition) is 0. The molecule has 0 aromatic heterocycles. The number of rotatable bonds is 0. The van der Waals surface area contributed by atoms with Crippen molar-refractivity contribution >= 4 is 48.9 Å². The Balaban J connectivity index is 1.86. The van der Waals surface area contributed by atoms with Gasteiger partial charge in [-0.05, 0) is 46.5 Å². The number of halogens is 2. The molecule has 0 fully saturated rings. The Hall–Kier alpha value is -1.58. The minimum absolute atomic E-state index is 1.01. The average molecular weight is 427 g/mol. The van der Waals surface area contributed by atoms with Gasteiger partial charge in [0.15, 0.2) is 0 Å². The maximum atomic E-state index is 3.64. The van der Waals surface area contributed by atoms with Crippen LogP contribution in [0.3, 0.4) is 0 Å². The van der Waals surface area contributed by atoms with Crippen LogP contribution in [0.15, 0.2) is 63.5 Å². The molecule has 3 heteroatoms. The highest BCUT2D eigenvalue weighted by atomic mass is 79.9. The lowest BCUT2D eigenvalue weighted by molar-refractivity contribution is 1.01. The Morgan fingerprint density at radius 1 is 0.652 bits per heavy atom. The van der Waals surface area contributed by atoms with Crippen LogP contribution in [0, 0.1) is 0 Å². The van der Waals surface area contributed by atoms with E-state index in [-0.39, 0.29) is 0 Å². The smallest absolute Gasteiger partial charge is 0.0532 e. The molecular formula is C20H13Br2N. The molecule has 0 radical (unpaired) electrons. The largest absolute Gasteiger partial charge is 0.309 e. The van der Waals surface area contributed by atoms with Crippen LogP contribution in [0.1, 0.15) is 22.3 Å². The van der Waals surface area contributed by atoms with E-state index in [1.54, 1.807) is 0 Å². The highest BCUT2D eigenvalue weighted by Crippen LogP contribution is 2.51. The molecule has 3 aromatic rings. The normalized spacial score (nSPS) is 14.1. The molecule has 1 nitrogen and oxygen atoms in total. The summed E-state index contributed by atoms with van der Waals surface area (Å²) in [5, 5.41) is 0. The molecule has 23 heavy (non-hydrogen) atoms. The third-order valence-electron chi connectivity index (χ3n) is 4.77. The van der Waals surface area contributed by atoms with E-state index in [2.05, 4.69) is 91.4 Å². The van der Waals surface area contributed by atoms with Gasteiger partial charge in [-0.2, -0.15) is 0 Å². The topological polar surface area (TPSA) is 3.24 Å². The van der Waals surface area contributed by atoms with Crippen LogP contribution in [0.4, 0.5) is 17.1 Å². The molecule has 5 rings (SSSR count). The average Bonchev–Trinajstić information content (AvgIpc) is 2.55. The van der Waals surface area contributed by atoms with Gasteiger partial charge in [0.05, 0.1) is 17.1 Å². The van der Waals surface area contributed by atoms with E-state index < -0.39 is 0 Å². The minimum atomic E-state index is 1.01. The molecule has 2 aliphatic rings. The lowest BCUT2D eigenvalue weighted by Gasteiger charge is -2.39. The molecule has 0 aliphatic carbocycles. The molecule has 2 aliphatic heterocycles. The monoisotopic (exact) mass is 425 g/mol. The van der Waals surface area contributed by atoms with Crippen molar-refractivity contribution in [2.45, 2.75) is 12.8 Å². The second-order valence-electron chi connectivity index (χ2n) is 6.16. The summed E-state index contributed by atoms with van der Waals surface area (Å²) in [4.78, 5) is 2.44. The molecule has 0 bridgehead atoms. The van der Waals surface area contributed by atoms with Crippen molar-refractivity contribution in [1.29, 1.82) is 0 Å². The maximum Gasteiger partial charge on any atom is 0.0532 e. The van der Waals surface area contributed by atoms with E-state index in [0.717, 1.165) is 21.8 Å². The Bertz CT molecular complexity index is 888. The van der Waals surface area contributed by atoms with Gasteiger partial charge in [-0.25, -0.2) is 0 Å². The Kier molecular flexibility index (Phi) is 2.98. The van der Waals surface area contributed by atoms with Crippen LogP contribution in [-0.4, -0.2) is 0 Å². The molecule has 0 saturated heterocycles. The van der Waals surface area contributed by atoms with E-state index >= 15 is 0 Å². The van der Waals surface area contributed by atoms with Gasteiger partial charge in [-0.1, -0.05) is 62.2 Å². The van der Waals surface area contributed by atoms with Gasteiger partial charge in [-0.3, -0.25) is 0 Å². The molecular weight excluding hydrogens is 414 g/mol. The van der Waals surface area contributed by atoms with Crippen molar-refractivity contribution in [3.8, 4) is 0 Å². The maximum absolute atomic E-state index is 3.64. The Morgan fingerprint density at radius 2 is 1.17 bits per heavy atom. The van der Waals surface area contributed by atoms with Gasteiger partial charge in [0, 0.05) is 21.8 Å². The second kappa shape index (κ2) is 4.96. The zero-order valence-electron chi connectivity index (χ0n) is 12.3. The van der Waals surface area contributed by atoms with Crippen molar-refractivity contribution in [2.24, 2.45) is 0 Å². The van der Waals surface area contributed by atoms with Gasteiger partial charge >= 0.3 is 0 Å². The lowest BCUT2D eigenvalue weighted by Crippen LogP contribution is -2.24. The summed E-state index contributed by atoms with van der Waals surface area (Å²) in [6.07, 6.45) is 2.01. The fourth-order valence-electron chi connectivity index (χ4n) is 3.79. The van der Waals surface area contributed by atoms with Crippen LogP contribution in [0.25, 0.3) is 0 Å². The molecule has 3 aromatic carbocycles. The highest BCUT2D eigenvalue weighted by Gasteiger charge is 2.31. The molecule has 0 atom stereocenters. The van der Waals surface area contributed by atoms with Gasteiger partial charge in [0.25, 0.3) is 0 Å². The number of para-hydroxylation sites is 1. The predicted molar refractivity (Wildman–Crippen MR) is 102 cm³/mol. The first kappa shape index (κ1) is 13.8. The fraction of sp³-hybridized carbons (Fsp3) is 0.100. The molecule has 0 amide bonds. The SMILES string of the molecule is Brc1ccc2c(c1)N1c3cc(Br)ccc3Cc3cccc(c31)C2. The summed E-state index contributed by atoms with van der Waals surface area (Å²) in [5.41, 5.74) is 9.56. The van der Waals surface area contributed by atoms with Crippen molar-refractivity contribution in [3.63, 3.8) is 0 Å². The van der Waals surface area contributed by atoms with Crippen LogP contribution < -0.4 is 4.90 Å². The molecule has 2 heterocycles. The van der Waals surface area contributed by atoms with Gasteiger partial charge in [0.1, 0.15) is 0 Å². The van der Waals surface area contributed by atoms with Crippen LogP contribution in [-0.2, 0) is 12.8 Å². The zero-order valence-corrected chi connectivity index (χ0v) is 15.5. The van der Waals surface area contributed by atoms with E-state index in [0.29, 0.717) is 0 Å². The summed E-state index contributed by atoms with van der Waals surface area (Å²) >= 11 is 7.28. The summed E-state index contributed by atoms with van der Waals surface area (Å²) in [7, 11) is 0.